The minimum absolute atomic E-state index is 0.0969. The number of nitrogens with zero attached hydrogens (tertiary/aromatic N) is 2. The van der Waals surface area contributed by atoms with Gasteiger partial charge in [0.2, 0.25) is 5.78 Å². The van der Waals surface area contributed by atoms with Gasteiger partial charge in [-0.25, -0.2) is 0 Å². The van der Waals surface area contributed by atoms with Crippen LogP contribution in [0.25, 0.3) is 0 Å². The average Bonchev–Trinajstić information content (AvgIpc) is 2.45. The van der Waals surface area contributed by atoms with Crippen molar-refractivity contribution in [1.82, 2.24) is 9.78 Å². The van der Waals surface area contributed by atoms with Crippen molar-refractivity contribution in [1.29, 1.82) is 0 Å². The molecule has 0 atom stereocenters. The Bertz CT molecular complexity index is 365. The quantitative estimate of drug-likeness (QED) is 0.854. The Morgan fingerprint density at radius 1 is 1.67 bits per heavy atom. The molecule has 0 aliphatic carbocycles. The van der Waals surface area contributed by atoms with Gasteiger partial charge in [-0.1, -0.05) is 6.92 Å². The molecule has 15 heavy (non-hydrogen) atoms. The molecule has 0 bridgehead atoms. The SMILES string of the molecule is CCCn1ncc(Br)c1C(=O)C(C)(C)N. The summed E-state index contributed by atoms with van der Waals surface area (Å²) in [5.41, 5.74) is 5.49. The van der Waals surface area contributed by atoms with Crippen LogP contribution in [0.2, 0.25) is 0 Å². The Morgan fingerprint density at radius 2 is 2.27 bits per heavy atom. The predicted octanol–water partition coefficient (Wildman–Crippen LogP) is 1.98. The van der Waals surface area contributed by atoms with E-state index in [0.29, 0.717) is 10.2 Å². The van der Waals surface area contributed by atoms with Crippen LogP contribution in [0.3, 0.4) is 0 Å². The average molecular weight is 274 g/mol. The first-order chi connectivity index (χ1) is 6.88. The summed E-state index contributed by atoms with van der Waals surface area (Å²) in [5, 5.41) is 4.13. The second-order valence-corrected chi connectivity index (χ2v) is 4.97. The molecule has 0 fully saturated rings. The lowest BCUT2D eigenvalue weighted by Crippen LogP contribution is -2.42. The van der Waals surface area contributed by atoms with Crippen molar-refractivity contribution in [2.75, 3.05) is 0 Å². The molecule has 0 saturated heterocycles. The maximum Gasteiger partial charge on any atom is 0.201 e. The van der Waals surface area contributed by atoms with E-state index in [1.807, 2.05) is 6.92 Å². The van der Waals surface area contributed by atoms with E-state index in [0.717, 1.165) is 13.0 Å². The molecule has 1 heterocycles. The van der Waals surface area contributed by atoms with Crippen molar-refractivity contribution < 1.29 is 4.79 Å². The van der Waals surface area contributed by atoms with Crippen LogP contribution in [0, 0.1) is 0 Å². The molecule has 4 nitrogen and oxygen atoms in total. The molecule has 1 aromatic rings. The van der Waals surface area contributed by atoms with Crippen LogP contribution in [-0.2, 0) is 6.54 Å². The third kappa shape index (κ3) is 2.66. The summed E-state index contributed by atoms with van der Waals surface area (Å²) in [6.07, 6.45) is 2.56. The Balaban J connectivity index is 3.12. The number of hydrogen-bond acceptors (Lipinski definition) is 3. The monoisotopic (exact) mass is 273 g/mol. The van der Waals surface area contributed by atoms with E-state index in [1.165, 1.54) is 0 Å². The number of carbonyl (C=O) groups is 1. The molecule has 0 spiro atoms. The summed E-state index contributed by atoms with van der Waals surface area (Å²) in [6, 6.07) is 0. The maximum absolute atomic E-state index is 12.0. The van der Waals surface area contributed by atoms with E-state index >= 15 is 0 Å². The van der Waals surface area contributed by atoms with Crippen LogP contribution < -0.4 is 5.73 Å². The fraction of sp³-hybridized carbons (Fsp3) is 0.600. The number of Topliss-reactive ketones (excluding diaryl/α,β-unsaturated/α-hetero) is 1. The number of aryl methyl sites for hydroxylation is 1. The first-order valence-electron chi connectivity index (χ1n) is 4.93. The summed E-state index contributed by atoms with van der Waals surface area (Å²) >= 11 is 3.32. The largest absolute Gasteiger partial charge is 0.319 e. The number of aromatic nitrogens is 2. The molecule has 0 saturated carbocycles. The Kier molecular flexibility index (Phi) is 3.67. The van der Waals surface area contributed by atoms with Crippen LogP contribution >= 0.6 is 15.9 Å². The molecular formula is C10H16BrN3O. The number of ketones is 1. The molecule has 0 aromatic carbocycles. The second-order valence-electron chi connectivity index (χ2n) is 4.12. The zero-order chi connectivity index (χ0) is 11.6. The highest BCUT2D eigenvalue weighted by Crippen LogP contribution is 2.20. The van der Waals surface area contributed by atoms with Gasteiger partial charge in [0.25, 0.3) is 0 Å². The fourth-order valence-electron chi connectivity index (χ4n) is 1.27. The first-order valence-corrected chi connectivity index (χ1v) is 5.72. The van der Waals surface area contributed by atoms with Crippen molar-refractivity contribution in [3.63, 3.8) is 0 Å². The van der Waals surface area contributed by atoms with Crippen LogP contribution in [0.4, 0.5) is 0 Å². The minimum atomic E-state index is -0.867. The van der Waals surface area contributed by atoms with Gasteiger partial charge in [-0.2, -0.15) is 5.10 Å². The molecule has 0 amide bonds. The fourth-order valence-corrected chi connectivity index (χ4v) is 1.75. The predicted molar refractivity (Wildman–Crippen MR) is 62.8 cm³/mol. The second kappa shape index (κ2) is 4.45. The van der Waals surface area contributed by atoms with Gasteiger partial charge in [0.15, 0.2) is 0 Å². The topological polar surface area (TPSA) is 60.9 Å². The molecule has 1 aromatic heterocycles. The van der Waals surface area contributed by atoms with Crippen LogP contribution in [0.5, 0.6) is 0 Å². The van der Waals surface area contributed by atoms with Crippen molar-refractivity contribution in [3.8, 4) is 0 Å². The highest BCUT2D eigenvalue weighted by atomic mass is 79.9. The van der Waals surface area contributed by atoms with Gasteiger partial charge in [-0.3, -0.25) is 9.48 Å². The van der Waals surface area contributed by atoms with E-state index in [9.17, 15) is 4.79 Å². The summed E-state index contributed by atoms with van der Waals surface area (Å²) < 4.78 is 2.40. The number of rotatable bonds is 4. The molecule has 5 heteroatoms. The number of carbonyl (C=O) groups excluding carboxylic acids is 1. The van der Waals surface area contributed by atoms with Crippen LogP contribution in [0.15, 0.2) is 10.7 Å². The molecule has 2 N–H and O–H groups in total. The molecule has 0 aliphatic rings. The normalized spacial score (nSPS) is 11.8. The van der Waals surface area contributed by atoms with Crippen LogP contribution in [-0.4, -0.2) is 21.1 Å². The smallest absolute Gasteiger partial charge is 0.201 e. The van der Waals surface area contributed by atoms with Crippen LogP contribution in [0.1, 0.15) is 37.7 Å². The van der Waals surface area contributed by atoms with Gasteiger partial charge < -0.3 is 5.73 Å². The first kappa shape index (κ1) is 12.4. The minimum Gasteiger partial charge on any atom is -0.319 e. The standard InChI is InChI=1S/C10H16BrN3O/c1-4-5-14-8(7(11)6-13-14)9(15)10(2,3)12/h6H,4-5,12H2,1-3H3. The Hall–Kier alpha value is -0.680. The molecule has 0 aliphatic heterocycles. The van der Waals surface area contributed by atoms with Crippen molar-refractivity contribution in [2.24, 2.45) is 5.73 Å². The summed E-state index contributed by atoms with van der Waals surface area (Å²) in [6.45, 7) is 6.16. The zero-order valence-electron chi connectivity index (χ0n) is 9.25. The number of hydrogen-bond donors (Lipinski definition) is 1. The van der Waals surface area contributed by atoms with E-state index in [1.54, 1.807) is 24.7 Å². The zero-order valence-corrected chi connectivity index (χ0v) is 10.8. The summed E-state index contributed by atoms with van der Waals surface area (Å²) in [4.78, 5) is 12.0. The lowest BCUT2D eigenvalue weighted by atomic mass is 9.98. The van der Waals surface area contributed by atoms with E-state index in [2.05, 4.69) is 21.0 Å². The lowest BCUT2D eigenvalue weighted by Gasteiger charge is -2.17. The highest BCUT2D eigenvalue weighted by molar-refractivity contribution is 9.10. The third-order valence-electron chi connectivity index (χ3n) is 2.03. The van der Waals surface area contributed by atoms with Crippen molar-refractivity contribution in [2.45, 2.75) is 39.3 Å². The molecule has 0 radical (unpaired) electrons. The molecule has 84 valence electrons. The molecule has 1 rings (SSSR count). The number of halogens is 1. The summed E-state index contributed by atoms with van der Waals surface area (Å²) in [5.74, 6) is -0.0969. The van der Waals surface area contributed by atoms with Gasteiger partial charge in [-0.15, -0.1) is 0 Å². The van der Waals surface area contributed by atoms with Crippen molar-refractivity contribution in [3.05, 3.63) is 16.4 Å². The van der Waals surface area contributed by atoms with Gasteiger partial charge in [0.05, 0.1) is 16.2 Å². The van der Waals surface area contributed by atoms with Gasteiger partial charge in [-0.05, 0) is 36.2 Å². The van der Waals surface area contributed by atoms with Crippen molar-refractivity contribution >= 4 is 21.7 Å². The van der Waals surface area contributed by atoms with Gasteiger partial charge in [0.1, 0.15) is 5.69 Å². The van der Waals surface area contributed by atoms with Gasteiger partial charge in [0, 0.05) is 6.54 Å². The lowest BCUT2D eigenvalue weighted by molar-refractivity contribution is 0.0901. The highest BCUT2D eigenvalue weighted by Gasteiger charge is 2.28. The van der Waals surface area contributed by atoms with E-state index < -0.39 is 5.54 Å². The molecule has 0 unspecified atom stereocenters. The third-order valence-corrected chi connectivity index (χ3v) is 2.61. The van der Waals surface area contributed by atoms with E-state index in [-0.39, 0.29) is 5.78 Å². The Labute approximate surface area is 98.0 Å². The molecular weight excluding hydrogens is 258 g/mol. The van der Waals surface area contributed by atoms with E-state index in [4.69, 9.17) is 5.73 Å². The Morgan fingerprint density at radius 3 is 2.73 bits per heavy atom. The number of nitrogens with two attached hydrogens (primary N) is 1. The van der Waals surface area contributed by atoms with Gasteiger partial charge >= 0.3 is 0 Å². The summed E-state index contributed by atoms with van der Waals surface area (Å²) in [7, 11) is 0. The maximum atomic E-state index is 12.0.